The lowest BCUT2D eigenvalue weighted by molar-refractivity contribution is 0.348. The number of nitrogens with zero attached hydrogens (tertiary/aromatic N) is 2. The molecule has 1 heterocycles. The van der Waals surface area contributed by atoms with Crippen LogP contribution in [0.3, 0.4) is 0 Å². The topological polar surface area (TPSA) is 74.2 Å². The number of nitrogens with two attached hydrogens (primary N) is 1. The molecule has 0 radical (unpaired) electrons. The Balaban J connectivity index is 2.25. The van der Waals surface area contributed by atoms with Gasteiger partial charge in [-0.1, -0.05) is 18.5 Å². The van der Waals surface area contributed by atoms with Crippen molar-refractivity contribution in [3.8, 4) is 17.1 Å². The summed E-state index contributed by atoms with van der Waals surface area (Å²) in [6.07, 6.45) is 1.81. The fraction of sp³-hybridized carbons (Fsp3) is 0.385. The second kappa shape index (κ2) is 6.16. The average Bonchev–Trinajstić information content (AvgIpc) is 2.88. The minimum Gasteiger partial charge on any atom is -0.496 e. The van der Waals surface area contributed by atoms with E-state index in [1.54, 1.807) is 7.11 Å². The highest BCUT2D eigenvalue weighted by Crippen LogP contribution is 2.29. The summed E-state index contributed by atoms with van der Waals surface area (Å²) in [5.74, 6) is 1.77. The number of methoxy groups -OCH3 is 1. The fourth-order valence-corrected chi connectivity index (χ4v) is 2.28. The van der Waals surface area contributed by atoms with Crippen molar-refractivity contribution in [3.05, 3.63) is 28.6 Å². The first-order valence-corrected chi connectivity index (χ1v) is 6.88. The first-order valence-electron chi connectivity index (χ1n) is 6.08. The van der Waals surface area contributed by atoms with Crippen molar-refractivity contribution in [3.63, 3.8) is 0 Å². The fourth-order valence-electron chi connectivity index (χ4n) is 1.74. The van der Waals surface area contributed by atoms with E-state index in [-0.39, 0.29) is 6.04 Å². The summed E-state index contributed by atoms with van der Waals surface area (Å²) in [5.41, 5.74) is 6.80. The van der Waals surface area contributed by atoms with Crippen molar-refractivity contribution in [1.29, 1.82) is 0 Å². The van der Waals surface area contributed by atoms with Gasteiger partial charge in [-0.2, -0.15) is 4.98 Å². The van der Waals surface area contributed by atoms with Gasteiger partial charge in [-0.25, -0.2) is 0 Å². The zero-order valence-electron chi connectivity index (χ0n) is 10.9. The van der Waals surface area contributed by atoms with Crippen LogP contribution in [0.5, 0.6) is 5.75 Å². The Morgan fingerprint density at radius 1 is 1.47 bits per heavy atom. The lowest BCUT2D eigenvalue weighted by atomic mass is 10.2. The van der Waals surface area contributed by atoms with Crippen LogP contribution < -0.4 is 10.5 Å². The largest absolute Gasteiger partial charge is 0.496 e. The number of hydrogen-bond acceptors (Lipinski definition) is 5. The number of aromatic nitrogens is 2. The molecule has 1 atom stereocenters. The maximum atomic E-state index is 5.95. The molecule has 1 aromatic heterocycles. The molecular weight excluding hydrogens is 310 g/mol. The van der Waals surface area contributed by atoms with Gasteiger partial charge in [0, 0.05) is 5.56 Å². The Kier molecular flexibility index (Phi) is 4.55. The molecule has 1 aromatic carbocycles. The number of hydrogen-bond donors (Lipinski definition) is 1. The first kappa shape index (κ1) is 14.0. The summed E-state index contributed by atoms with van der Waals surface area (Å²) in [6.45, 7) is 2.07. The first-order chi connectivity index (χ1) is 9.15. The number of rotatable bonds is 5. The highest BCUT2D eigenvalue weighted by Gasteiger charge is 2.15. The zero-order valence-corrected chi connectivity index (χ0v) is 12.5. The molecule has 0 aliphatic rings. The summed E-state index contributed by atoms with van der Waals surface area (Å²) in [6, 6.07) is 5.41. The van der Waals surface area contributed by atoms with E-state index in [0.29, 0.717) is 11.7 Å². The molecule has 0 aliphatic carbocycles. The molecular formula is C13H16BrN3O2. The van der Waals surface area contributed by atoms with Crippen LogP contribution in [0.4, 0.5) is 0 Å². The van der Waals surface area contributed by atoms with Crippen molar-refractivity contribution >= 4 is 15.9 Å². The number of ether oxygens (including phenoxy) is 1. The van der Waals surface area contributed by atoms with E-state index >= 15 is 0 Å². The van der Waals surface area contributed by atoms with Crippen molar-refractivity contribution in [2.24, 2.45) is 5.73 Å². The van der Waals surface area contributed by atoms with Gasteiger partial charge in [-0.15, -0.1) is 0 Å². The van der Waals surface area contributed by atoms with Crippen LogP contribution in [0, 0.1) is 0 Å². The smallest absolute Gasteiger partial charge is 0.243 e. The lowest BCUT2D eigenvalue weighted by Gasteiger charge is -2.03. The predicted molar refractivity (Wildman–Crippen MR) is 75.8 cm³/mol. The van der Waals surface area contributed by atoms with Gasteiger partial charge in [0.1, 0.15) is 5.75 Å². The molecule has 0 amide bonds. The van der Waals surface area contributed by atoms with Gasteiger partial charge in [0.25, 0.3) is 0 Å². The molecule has 0 saturated heterocycles. The van der Waals surface area contributed by atoms with Crippen LogP contribution in [0.25, 0.3) is 11.4 Å². The van der Waals surface area contributed by atoms with Crippen molar-refractivity contribution in [2.45, 2.75) is 25.8 Å². The average molecular weight is 326 g/mol. The van der Waals surface area contributed by atoms with E-state index in [0.717, 1.165) is 28.6 Å². The molecule has 2 N–H and O–H groups in total. The molecule has 19 heavy (non-hydrogen) atoms. The van der Waals surface area contributed by atoms with Crippen molar-refractivity contribution < 1.29 is 9.26 Å². The van der Waals surface area contributed by atoms with Crippen LogP contribution in [-0.2, 0) is 0 Å². The van der Waals surface area contributed by atoms with E-state index in [1.165, 1.54) is 0 Å². The predicted octanol–water partition coefficient (Wildman–Crippen LogP) is 3.31. The SMILES string of the molecule is CCC[C@H](N)c1nc(-c2ccc(OC)c(Br)c2)no1. The molecule has 2 aromatic rings. The summed E-state index contributed by atoms with van der Waals surface area (Å²) in [5, 5.41) is 3.96. The summed E-state index contributed by atoms with van der Waals surface area (Å²) in [7, 11) is 1.62. The number of benzene rings is 1. The standard InChI is InChI=1S/C13H16BrN3O2/c1-3-4-10(15)13-16-12(17-19-13)8-5-6-11(18-2)9(14)7-8/h5-7,10H,3-4,15H2,1-2H3/t10-/m0/s1. The highest BCUT2D eigenvalue weighted by atomic mass is 79.9. The zero-order chi connectivity index (χ0) is 13.8. The summed E-state index contributed by atoms with van der Waals surface area (Å²) in [4.78, 5) is 4.33. The molecule has 2 rings (SSSR count). The Morgan fingerprint density at radius 2 is 2.26 bits per heavy atom. The van der Waals surface area contributed by atoms with Gasteiger partial charge in [0.05, 0.1) is 17.6 Å². The molecule has 5 nitrogen and oxygen atoms in total. The van der Waals surface area contributed by atoms with Gasteiger partial charge < -0.3 is 15.0 Å². The van der Waals surface area contributed by atoms with Gasteiger partial charge in [0.15, 0.2) is 0 Å². The van der Waals surface area contributed by atoms with Crippen LogP contribution in [0.2, 0.25) is 0 Å². The Labute approximate surface area is 120 Å². The third kappa shape index (κ3) is 3.13. The van der Waals surface area contributed by atoms with E-state index < -0.39 is 0 Å². The van der Waals surface area contributed by atoms with Gasteiger partial charge in [0.2, 0.25) is 11.7 Å². The third-order valence-electron chi connectivity index (χ3n) is 2.77. The quantitative estimate of drug-likeness (QED) is 0.912. The molecule has 0 bridgehead atoms. The molecule has 0 aliphatic heterocycles. The van der Waals surface area contributed by atoms with Gasteiger partial charge in [-0.05, 0) is 40.5 Å². The Hall–Kier alpha value is -1.40. The minimum absolute atomic E-state index is 0.201. The number of halogens is 1. The van der Waals surface area contributed by atoms with Crippen molar-refractivity contribution in [2.75, 3.05) is 7.11 Å². The molecule has 102 valence electrons. The Bertz CT molecular complexity index is 557. The van der Waals surface area contributed by atoms with Crippen LogP contribution in [-0.4, -0.2) is 17.3 Å². The monoisotopic (exact) mass is 325 g/mol. The molecule has 0 saturated carbocycles. The lowest BCUT2D eigenvalue weighted by Crippen LogP contribution is -2.09. The van der Waals surface area contributed by atoms with Crippen LogP contribution >= 0.6 is 15.9 Å². The summed E-state index contributed by atoms with van der Waals surface area (Å²) < 4.78 is 11.2. The van der Waals surface area contributed by atoms with E-state index in [1.807, 2.05) is 18.2 Å². The Morgan fingerprint density at radius 3 is 2.89 bits per heavy atom. The van der Waals surface area contributed by atoms with E-state index in [9.17, 15) is 0 Å². The molecule has 0 spiro atoms. The maximum Gasteiger partial charge on any atom is 0.243 e. The van der Waals surface area contributed by atoms with Crippen molar-refractivity contribution in [1.82, 2.24) is 10.1 Å². The third-order valence-corrected chi connectivity index (χ3v) is 3.39. The second-order valence-corrected chi connectivity index (χ2v) is 5.06. The molecule has 0 fully saturated rings. The van der Waals surface area contributed by atoms with Crippen LogP contribution in [0.1, 0.15) is 31.7 Å². The second-order valence-electron chi connectivity index (χ2n) is 4.20. The minimum atomic E-state index is -0.201. The van der Waals surface area contributed by atoms with Gasteiger partial charge >= 0.3 is 0 Å². The van der Waals surface area contributed by atoms with E-state index in [2.05, 4.69) is 33.0 Å². The van der Waals surface area contributed by atoms with Gasteiger partial charge in [-0.3, -0.25) is 0 Å². The molecule has 6 heteroatoms. The normalized spacial score (nSPS) is 12.4. The highest BCUT2D eigenvalue weighted by molar-refractivity contribution is 9.10. The van der Waals surface area contributed by atoms with E-state index in [4.69, 9.17) is 15.0 Å². The van der Waals surface area contributed by atoms with Crippen LogP contribution in [0.15, 0.2) is 27.2 Å². The molecule has 0 unspecified atom stereocenters. The maximum absolute atomic E-state index is 5.95. The summed E-state index contributed by atoms with van der Waals surface area (Å²) >= 11 is 3.43.